The molecule has 0 saturated carbocycles. The molecule has 0 aliphatic rings. The zero-order valence-corrected chi connectivity index (χ0v) is 11.5. The molecule has 5 nitrogen and oxygen atoms in total. The molecule has 3 N–H and O–H groups in total. The zero-order valence-electron chi connectivity index (χ0n) is 11.5. The van der Waals surface area contributed by atoms with Crippen molar-refractivity contribution in [1.82, 2.24) is 10.2 Å². The highest BCUT2D eigenvalue weighted by Gasteiger charge is 2.26. The van der Waals surface area contributed by atoms with Crippen LogP contribution in [0.1, 0.15) is 34.1 Å². The second kappa shape index (κ2) is 6.59. The third kappa shape index (κ3) is 6.26. The molecule has 0 aromatic rings. The van der Waals surface area contributed by atoms with Crippen molar-refractivity contribution in [3.8, 4) is 0 Å². The maximum Gasteiger partial charge on any atom is 0.240 e. The highest BCUT2D eigenvalue weighted by atomic mass is 16.2. The summed E-state index contributed by atoms with van der Waals surface area (Å²) in [5.41, 5.74) is 5.30. The van der Waals surface area contributed by atoms with E-state index in [4.69, 9.17) is 5.73 Å². The van der Waals surface area contributed by atoms with Crippen molar-refractivity contribution in [1.29, 1.82) is 0 Å². The van der Waals surface area contributed by atoms with Crippen LogP contribution < -0.4 is 11.1 Å². The van der Waals surface area contributed by atoms with Gasteiger partial charge in [-0.15, -0.1) is 0 Å². The Morgan fingerprint density at radius 1 is 1.41 bits per heavy atom. The van der Waals surface area contributed by atoms with Crippen LogP contribution >= 0.6 is 0 Å². The molecule has 0 radical (unpaired) electrons. The first-order chi connectivity index (χ1) is 7.70. The van der Waals surface area contributed by atoms with Crippen LogP contribution in [0.25, 0.3) is 0 Å². The fourth-order valence-electron chi connectivity index (χ4n) is 1.79. The largest absolute Gasteiger partial charge is 0.348 e. The van der Waals surface area contributed by atoms with Crippen LogP contribution in [0.4, 0.5) is 0 Å². The van der Waals surface area contributed by atoms with E-state index in [1.54, 1.807) is 7.05 Å². The Bertz CT molecular complexity index is 279. The molecule has 0 fully saturated rings. The number of hydrogen-bond donors (Lipinski definition) is 2. The maximum absolute atomic E-state index is 11.8. The fourth-order valence-corrected chi connectivity index (χ4v) is 1.79. The molecule has 1 unspecified atom stereocenters. The Morgan fingerprint density at radius 3 is 2.29 bits per heavy atom. The molecule has 0 saturated heterocycles. The van der Waals surface area contributed by atoms with E-state index in [0.29, 0.717) is 12.5 Å². The fraction of sp³-hybridized carbons (Fsp3) is 0.833. The molecule has 1 atom stereocenters. The summed E-state index contributed by atoms with van der Waals surface area (Å²) in [4.78, 5) is 24.1. The molecule has 0 spiro atoms. The first kappa shape index (κ1) is 15.9. The summed E-state index contributed by atoms with van der Waals surface area (Å²) in [7, 11) is 1.60. The Morgan fingerprint density at radius 2 is 1.94 bits per heavy atom. The molecule has 100 valence electrons. The highest BCUT2D eigenvalue weighted by Crippen LogP contribution is 2.15. The van der Waals surface area contributed by atoms with E-state index in [-0.39, 0.29) is 18.4 Å². The first-order valence-electron chi connectivity index (χ1n) is 5.93. The van der Waals surface area contributed by atoms with Gasteiger partial charge in [0.1, 0.15) is 0 Å². The molecule has 0 bridgehead atoms. The average Bonchev–Trinajstić information content (AvgIpc) is 2.15. The van der Waals surface area contributed by atoms with Crippen LogP contribution in [0.2, 0.25) is 0 Å². The minimum absolute atomic E-state index is 0.0724. The highest BCUT2D eigenvalue weighted by molar-refractivity contribution is 5.84. The Kier molecular flexibility index (Phi) is 6.16. The molecule has 5 heteroatoms. The van der Waals surface area contributed by atoms with Gasteiger partial charge in [-0.1, -0.05) is 13.8 Å². The standard InChI is InChI=1S/C12H25N3O2/c1-9(2)6-12(4,8-13)14-11(17)7-15(5)10(3)16/h9H,6-8,13H2,1-5H3,(H,14,17). The summed E-state index contributed by atoms with van der Waals surface area (Å²) in [6, 6.07) is 0. The van der Waals surface area contributed by atoms with E-state index in [1.807, 2.05) is 6.92 Å². The second-order valence-corrected chi connectivity index (χ2v) is 5.29. The number of nitrogens with one attached hydrogen (secondary N) is 1. The van der Waals surface area contributed by atoms with Crippen molar-refractivity contribution in [2.24, 2.45) is 11.7 Å². The molecular weight excluding hydrogens is 218 g/mol. The van der Waals surface area contributed by atoms with E-state index in [2.05, 4.69) is 19.2 Å². The summed E-state index contributed by atoms with van der Waals surface area (Å²) >= 11 is 0. The molecule has 0 aliphatic heterocycles. The minimum Gasteiger partial charge on any atom is -0.348 e. The van der Waals surface area contributed by atoms with Gasteiger partial charge in [-0.3, -0.25) is 9.59 Å². The lowest BCUT2D eigenvalue weighted by Gasteiger charge is -2.31. The number of nitrogens with two attached hydrogens (primary N) is 1. The predicted octanol–water partition coefficient (Wildman–Crippen LogP) is 0.344. The van der Waals surface area contributed by atoms with Gasteiger partial charge >= 0.3 is 0 Å². The molecule has 2 amide bonds. The van der Waals surface area contributed by atoms with Crippen LogP contribution in [-0.2, 0) is 9.59 Å². The van der Waals surface area contributed by atoms with E-state index in [1.165, 1.54) is 11.8 Å². The van der Waals surface area contributed by atoms with Gasteiger partial charge in [0, 0.05) is 26.1 Å². The molecule has 0 aromatic heterocycles. The van der Waals surface area contributed by atoms with E-state index < -0.39 is 5.54 Å². The van der Waals surface area contributed by atoms with E-state index in [0.717, 1.165) is 6.42 Å². The second-order valence-electron chi connectivity index (χ2n) is 5.29. The van der Waals surface area contributed by atoms with Crippen molar-refractivity contribution < 1.29 is 9.59 Å². The molecule has 0 rings (SSSR count). The van der Waals surface area contributed by atoms with Crippen molar-refractivity contribution >= 4 is 11.8 Å². The lowest BCUT2D eigenvalue weighted by atomic mass is 9.91. The molecular formula is C12H25N3O2. The number of carbonyl (C=O) groups excluding carboxylic acids is 2. The molecule has 17 heavy (non-hydrogen) atoms. The van der Waals surface area contributed by atoms with Gasteiger partial charge < -0.3 is 16.0 Å². The van der Waals surface area contributed by atoms with Crippen LogP contribution in [0.3, 0.4) is 0 Å². The van der Waals surface area contributed by atoms with Gasteiger partial charge in [0.2, 0.25) is 11.8 Å². The maximum atomic E-state index is 11.8. The van der Waals surface area contributed by atoms with Crippen molar-refractivity contribution in [2.75, 3.05) is 20.1 Å². The summed E-state index contributed by atoms with van der Waals surface area (Å²) in [5.74, 6) is 0.157. The number of amides is 2. The smallest absolute Gasteiger partial charge is 0.240 e. The third-order valence-electron chi connectivity index (χ3n) is 2.67. The lowest BCUT2D eigenvalue weighted by Crippen LogP contribution is -2.54. The summed E-state index contributed by atoms with van der Waals surface area (Å²) in [5, 5.41) is 2.90. The van der Waals surface area contributed by atoms with E-state index in [9.17, 15) is 9.59 Å². The predicted molar refractivity (Wildman–Crippen MR) is 68.4 cm³/mol. The average molecular weight is 243 g/mol. The van der Waals surface area contributed by atoms with E-state index >= 15 is 0 Å². The van der Waals surface area contributed by atoms with Crippen LogP contribution in [-0.4, -0.2) is 42.4 Å². The van der Waals surface area contributed by atoms with Crippen LogP contribution in [0.5, 0.6) is 0 Å². The number of nitrogens with zero attached hydrogens (tertiary/aromatic N) is 1. The van der Waals surface area contributed by atoms with Gasteiger partial charge in [-0.25, -0.2) is 0 Å². The normalized spacial score (nSPS) is 14.3. The Balaban J connectivity index is 4.37. The minimum atomic E-state index is -0.400. The van der Waals surface area contributed by atoms with Gasteiger partial charge in [0.15, 0.2) is 0 Å². The van der Waals surface area contributed by atoms with Gasteiger partial charge in [-0.2, -0.15) is 0 Å². The van der Waals surface area contributed by atoms with Gasteiger partial charge in [-0.05, 0) is 19.3 Å². The quantitative estimate of drug-likeness (QED) is 0.706. The van der Waals surface area contributed by atoms with Crippen molar-refractivity contribution in [3.05, 3.63) is 0 Å². The molecule has 0 aromatic carbocycles. The lowest BCUT2D eigenvalue weighted by molar-refractivity contribution is -0.133. The van der Waals surface area contributed by atoms with Crippen LogP contribution in [0, 0.1) is 5.92 Å². The zero-order chi connectivity index (χ0) is 13.6. The SMILES string of the molecule is CC(=O)N(C)CC(=O)NC(C)(CN)CC(C)C. The third-order valence-corrected chi connectivity index (χ3v) is 2.67. The van der Waals surface area contributed by atoms with Crippen molar-refractivity contribution in [3.63, 3.8) is 0 Å². The van der Waals surface area contributed by atoms with Gasteiger partial charge in [0.05, 0.1) is 6.54 Å². The number of hydrogen-bond acceptors (Lipinski definition) is 3. The number of likely N-dealkylation sites (N-methyl/N-ethyl adjacent to an activating group) is 1. The monoisotopic (exact) mass is 243 g/mol. The Labute approximate surface area is 104 Å². The number of rotatable bonds is 6. The summed E-state index contributed by atoms with van der Waals surface area (Å²) in [6.07, 6.45) is 0.818. The summed E-state index contributed by atoms with van der Waals surface area (Å²) < 4.78 is 0. The summed E-state index contributed by atoms with van der Waals surface area (Å²) in [6.45, 7) is 8.00. The first-order valence-corrected chi connectivity index (χ1v) is 5.93. The topological polar surface area (TPSA) is 75.4 Å². The van der Waals surface area contributed by atoms with Crippen molar-refractivity contribution in [2.45, 2.75) is 39.7 Å². The molecule has 0 aliphatic carbocycles. The van der Waals surface area contributed by atoms with Crippen LogP contribution in [0.15, 0.2) is 0 Å². The molecule has 0 heterocycles. The van der Waals surface area contributed by atoms with Gasteiger partial charge in [0.25, 0.3) is 0 Å². The number of carbonyl (C=O) groups is 2. The Hall–Kier alpha value is -1.10.